The molecule has 1 saturated heterocycles. The van der Waals surface area contributed by atoms with Crippen molar-refractivity contribution in [3.05, 3.63) is 64.2 Å². The SMILES string of the molecule is Cc1cc([C@@H]2O[C@H](CO)[C@@H](O)C(O)[C@H]2O)cc(Cc2ccc(C3CC3)cc2)c1N. The molecule has 4 rings (SSSR count). The second-order valence-electron chi connectivity index (χ2n) is 8.35. The van der Waals surface area contributed by atoms with Crippen LogP contribution in [0.2, 0.25) is 0 Å². The average molecular weight is 399 g/mol. The van der Waals surface area contributed by atoms with Gasteiger partial charge in [-0.1, -0.05) is 36.4 Å². The van der Waals surface area contributed by atoms with E-state index >= 15 is 0 Å². The smallest absolute Gasteiger partial charge is 0.113 e. The summed E-state index contributed by atoms with van der Waals surface area (Å²) in [5.41, 5.74) is 12.0. The normalized spacial score (nSPS) is 29.8. The zero-order valence-electron chi connectivity index (χ0n) is 16.5. The molecule has 5 atom stereocenters. The minimum absolute atomic E-state index is 0.449. The van der Waals surface area contributed by atoms with E-state index in [-0.39, 0.29) is 0 Å². The molecule has 2 aromatic rings. The molecule has 0 aromatic heterocycles. The first-order valence-corrected chi connectivity index (χ1v) is 10.2. The number of aliphatic hydroxyl groups is 4. The van der Waals surface area contributed by atoms with Gasteiger partial charge < -0.3 is 30.9 Å². The Morgan fingerprint density at radius 3 is 2.28 bits per heavy atom. The fourth-order valence-corrected chi connectivity index (χ4v) is 4.13. The van der Waals surface area contributed by atoms with Crippen LogP contribution in [0.25, 0.3) is 0 Å². The molecule has 2 aromatic carbocycles. The Morgan fingerprint density at radius 2 is 1.66 bits per heavy atom. The molecule has 1 aliphatic carbocycles. The maximum Gasteiger partial charge on any atom is 0.113 e. The first kappa shape index (κ1) is 20.3. The number of rotatable bonds is 5. The third kappa shape index (κ3) is 4.04. The van der Waals surface area contributed by atoms with E-state index in [0.717, 1.165) is 16.7 Å². The van der Waals surface area contributed by atoms with Gasteiger partial charge in [0.05, 0.1) is 6.61 Å². The molecule has 1 saturated carbocycles. The van der Waals surface area contributed by atoms with E-state index in [4.69, 9.17) is 10.5 Å². The lowest BCUT2D eigenvalue weighted by Gasteiger charge is -2.40. The maximum absolute atomic E-state index is 10.5. The fourth-order valence-electron chi connectivity index (χ4n) is 4.13. The lowest BCUT2D eigenvalue weighted by atomic mass is 9.88. The Kier molecular flexibility index (Phi) is 5.64. The topological polar surface area (TPSA) is 116 Å². The highest BCUT2D eigenvalue weighted by molar-refractivity contribution is 5.57. The van der Waals surface area contributed by atoms with Crippen molar-refractivity contribution in [3.63, 3.8) is 0 Å². The molecule has 1 aliphatic heterocycles. The van der Waals surface area contributed by atoms with Crippen molar-refractivity contribution in [1.29, 1.82) is 0 Å². The van der Waals surface area contributed by atoms with Crippen LogP contribution >= 0.6 is 0 Å². The molecule has 2 fully saturated rings. The molecular formula is C23H29NO5. The van der Waals surface area contributed by atoms with Crippen molar-refractivity contribution in [2.24, 2.45) is 0 Å². The summed E-state index contributed by atoms with van der Waals surface area (Å²) >= 11 is 0. The monoisotopic (exact) mass is 399 g/mol. The van der Waals surface area contributed by atoms with E-state index in [1.165, 1.54) is 18.4 Å². The van der Waals surface area contributed by atoms with Crippen LogP contribution in [0.1, 0.15) is 52.7 Å². The number of aryl methyl sites for hydroxylation is 1. The van der Waals surface area contributed by atoms with Crippen LogP contribution in [-0.4, -0.2) is 51.4 Å². The molecular weight excluding hydrogens is 370 g/mol. The van der Waals surface area contributed by atoms with E-state index in [0.29, 0.717) is 23.6 Å². The van der Waals surface area contributed by atoms with Gasteiger partial charge in [0, 0.05) is 5.69 Å². The molecule has 2 aliphatic rings. The molecule has 1 heterocycles. The van der Waals surface area contributed by atoms with Crippen LogP contribution in [0.5, 0.6) is 0 Å². The first-order valence-electron chi connectivity index (χ1n) is 10.2. The summed E-state index contributed by atoms with van der Waals surface area (Å²) < 4.78 is 5.71. The highest BCUT2D eigenvalue weighted by atomic mass is 16.5. The van der Waals surface area contributed by atoms with Gasteiger partial charge in [0.15, 0.2) is 0 Å². The van der Waals surface area contributed by atoms with Gasteiger partial charge >= 0.3 is 0 Å². The summed E-state index contributed by atoms with van der Waals surface area (Å²) in [5.74, 6) is 0.714. The molecule has 29 heavy (non-hydrogen) atoms. The van der Waals surface area contributed by atoms with Gasteiger partial charge in [0.1, 0.15) is 30.5 Å². The predicted molar refractivity (Wildman–Crippen MR) is 110 cm³/mol. The molecule has 0 radical (unpaired) electrons. The Labute approximate surface area is 170 Å². The molecule has 0 amide bonds. The second kappa shape index (κ2) is 8.05. The van der Waals surface area contributed by atoms with Crippen LogP contribution < -0.4 is 5.73 Å². The largest absolute Gasteiger partial charge is 0.398 e. The van der Waals surface area contributed by atoms with Crippen LogP contribution in [0, 0.1) is 6.92 Å². The molecule has 0 spiro atoms. The van der Waals surface area contributed by atoms with E-state index in [9.17, 15) is 20.4 Å². The third-order valence-electron chi connectivity index (χ3n) is 6.14. The number of benzene rings is 2. The minimum Gasteiger partial charge on any atom is -0.398 e. The van der Waals surface area contributed by atoms with Crippen molar-refractivity contribution in [3.8, 4) is 0 Å². The van der Waals surface area contributed by atoms with Gasteiger partial charge in [-0.3, -0.25) is 0 Å². The van der Waals surface area contributed by atoms with Gasteiger partial charge in [-0.15, -0.1) is 0 Å². The van der Waals surface area contributed by atoms with E-state index < -0.39 is 37.1 Å². The summed E-state index contributed by atoms with van der Waals surface area (Å²) in [6.45, 7) is 1.44. The zero-order chi connectivity index (χ0) is 20.7. The molecule has 6 N–H and O–H groups in total. The summed E-state index contributed by atoms with van der Waals surface area (Å²) in [4.78, 5) is 0. The Balaban J connectivity index is 1.61. The van der Waals surface area contributed by atoms with Crippen molar-refractivity contribution in [2.75, 3.05) is 12.3 Å². The third-order valence-corrected chi connectivity index (χ3v) is 6.14. The second-order valence-corrected chi connectivity index (χ2v) is 8.35. The van der Waals surface area contributed by atoms with Crippen LogP contribution in [-0.2, 0) is 11.2 Å². The number of aliphatic hydroxyl groups excluding tert-OH is 4. The van der Waals surface area contributed by atoms with E-state index in [1.54, 1.807) is 0 Å². The molecule has 0 bridgehead atoms. The van der Waals surface area contributed by atoms with Crippen LogP contribution in [0.3, 0.4) is 0 Å². The Morgan fingerprint density at radius 1 is 0.966 bits per heavy atom. The molecule has 6 nitrogen and oxygen atoms in total. The predicted octanol–water partition coefficient (Wildman–Crippen LogP) is 1.56. The highest BCUT2D eigenvalue weighted by Crippen LogP contribution is 2.40. The van der Waals surface area contributed by atoms with Crippen LogP contribution in [0.15, 0.2) is 36.4 Å². The number of nitrogen functional groups attached to an aromatic ring is 1. The average Bonchev–Trinajstić information content (AvgIpc) is 3.56. The number of anilines is 1. The highest BCUT2D eigenvalue weighted by Gasteiger charge is 2.44. The van der Waals surface area contributed by atoms with Gasteiger partial charge in [0.25, 0.3) is 0 Å². The summed E-state index contributed by atoms with van der Waals surface area (Å²) in [7, 11) is 0. The van der Waals surface area contributed by atoms with Crippen molar-refractivity contribution in [2.45, 2.75) is 62.6 Å². The van der Waals surface area contributed by atoms with Crippen molar-refractivity contribution < 1.29 is 25.2 Å². The van der Waals surface area contributed by atoms with Crippen molar-refractivity contribution in [1.82, 2.24) is 0 Å². The van der Waals surface area contributed by atoms with E-state index in [1.807, 2.05) is 19.1 Å². The quantitative estimate of drug-likeness (QED) is 0.487. The summed E-state index contributed by atoms with van der Waals surface area (Å²) in [6.07, 6.45) is -2.69. The maximum atomic E-state index is 10.5. The van der Waals surface area contributed by atoms with E-state index in [2.05, 4.69) is 24.3 Å². The van der Waals surface area contributed by atoms with Gasteiger partial charge in [0.2, 0.25) is 0 Å². The number of nitrogens with two attached hydrogens (primary N) is 1. The number of hydrogen-bond donors (Lipinski definition) is 5. The van der Waals surface area contributed by atoms with Crippen LogP contribution in [0.4, 0.5) is 5.69 Å². The van der Waals surface area contributed by atoms with Gasteiger partial charge in [-0.25, -0.2) is 0 Å². The number of ether oxygens (including phenoxy) is 1. The molecule has 6 heteroatoms. The summed E-state index contributed by atoms with van der Waals surface area (Å²) in [6, 6.07) is 12.3. The van der Waals surface area contributed by atoms with Gasteiger partial charge in [-0.05, 0) is 59.9 Å². The molecule has 156 valence electrons. The first-order chi connectivity index (χ1) is 13.9. The number of hydrogen-bond acceptors (Lipinski definition) is 6. The lowest BCUT2D eigenvalue weighted by molar-refractivity contribution is -0.231. The standard InChI is InChI=1S/C23H29NO5/c1-12-8-17(23-22(28)21(27)20(26)18(11-25)29-23)10-16(19(12)24)9-13-2-4-14(5-3-13)15-6-7-15/h2-5,8,10,15,18,20-23,25-28H,6-7,9,11,24H2,1H3/t18-,20-,21?,22-,23+/m1/s1. The zero-order valence-corrected chi connectivity index (χ0v) is 16.5. The van der Waals surface area contributed by atoms with Crippen molar-refractivity contribution >= 4 is 5.69 Å². The fraction of sp³-hybridized carbons (Fsp3) is 0.478. The lowest BCUT2D eigenvalue weighted by Crippen LogP contribution is -2.55. The van der Waals surface area contributed by atoms with Gasteiger partial charge in [-0.2, -0.15) is 0 Å². The molecule has 1 unspecified atom stereocenters. The minimum atomic E-state index is -1.40. The summed E-state index contributed by atoms with van der Waals surface area (Å²) in [5, 5.41) is 40.0. The Bertz CT molecular complexity index is 862. The Hall–Kier alpha value is -1.96.